The maximum absolute atomic E-state index is 11.9. The Labute approximate surface area is 133 Å². The molecule has 0 unspecified atom stereocenters. The number of ether oxygens (including phenoxy) is 1. The molecule has 0 aliphatic carbocycles. The predicted molar refractivity (Wildman–Crippen MR) is 87.9 cm³/mol. The lowest BCUT2D eigenvalue weighted by Gasteiger charge is -2.16. The van der Waals surface area contributed by atoms with Gasteiger partial charge in [0, 0.05) is 45.5 Å². The maximum atomic E-state index is 11.9. The Balaban J connectivity index is 0.00000400. The van der Waals surface area contributed by atoms with E-state index < -0.39 is 0 Å². The van der Waals surface area contributed by atoms with Crippen LogP contribution in [0.3, 0.4) is 0 Å². The molecule has 1 aromatic rings. The first kappa shape index (κ1) is 19.9. The number of likely N-dealkylation sites (N-methyl/N-ethyl adjacent to an activating group) is 1. The number of nitrogens with zero attached hydrogens (tertiary/aromatic N) is 1. The van der Waals surface area contributed by atoms with Crippen molar-refractivity contribution in [2.75, 3.05) is 40.4 Å². The van der Waals surface area contributed by atoms with E-state index in [-0.39, 0.29) is 18.3 Å². The zero-order valence-electron chi connectivity index (χ0n) is 12.8. The summed E-state index contributed by atoms with van der Waals surface area (Å²) in [6, 6.07) is 7.37. The Hall–Kier alpha value is -1.14. The lowest BCUT2D eigenvalue weighted by atomic mass is 10.1. The summed E-state index contributed by atoms with van der Waals surface area (Å²) in [6.45, 7) is 3.70. The average molecular weight is 316 g/mol. The van der Waals surface area contributed by atoms with E-state index in [9.17, 15) is 4.79 Å². The number of rotatable bonds is 9. The lowest BCUT2D eigenvalue weighted by Crippen LogP contribution is -2.33. The summed E-state index contributed by atoms with van der Waals surface area (Å²) in [7, 11) is 3.74. The van der Waals surface area contributed by atoms with Gasteiger partial charge < -0.3 is 20.7 Å². The molecule has 21 heavy (non-hydrogen) atoms. The number of nitrogens with one attached hydrogen (secondary N) is 1. The highest BCUT2D eigenvalue weighted by Gasteiger charge is 2.05. The van der Waals surface area contributed by atoms with Gasteiger partial charge in [-0.1, -0.05) is 12.1 Å². The van der Waals surface area contributed by atoms with Crippen LogP contribution in [0.25, 0.3) is 0 Å². The normalized spacial score (nSPS) is 10.3. The van der Waals surface area contributed by atoms with Crippen LogP contribution < -0.4 is 11.1 Å². The van der Waals surface area contributed by atoms with Crippen LogP contribution >= 0.6 is 12.4 Å². The Bertz CT molecular complexity index is 398. The van der Waals surface area contributed by atoms with Gasteiger partial charge in [0.15, 0.2) is 0 Å². The van der Waals surface area contributed by atoms with Gasteiger partial charge in [-0.2, -0.15) is 0 Å². The van der Waals surface area contributed by atoms with Crippen molar-refractivity contribution < 1.29 is 9.53 Å². The number of methoxy groups -OCH3 is 1. The first-order valence-electron chi connectivity index (χ1n) is 6.92. The molecule has 0 spiro atoms. The van der Waals surface area contributed by atoms with Crippen LogP contribution in [0.4, 0.5) is 0 Å². The molecule has 0 aliphatic heterocycles. The van der Waals surface area contributed by atoms with Gasteiger partial charge in [-0.25, -0.2) is 0 Å². The summed E-state index contributed by atoms with van der Waals surface area (Å²) in [5, 5.41) is 2.91. The molecule has 1 amide bonds. The molecule has 5 nitrogen and oxygen atoms in total. The molecule has 0 atom stereocenters. The van der Waals surface area contributed by atoms with Crippen LogP contribution in [-0.2, 0) is 11.3 Å². The largest absolute Gasteiger partial charge is 0.385 e. The van der Waals surface area contributed by atoms with Crippen molar-refractivity contribution in [3.05, 3.63) is 35.4 Å². The highest BCUT2D eigenvalue weighted by Crippen LogP contribution is 2.03. The van der Waals surface area contributed by atoms with Gasteiger partial charge in [0.1, 0.15) is 0 Å². The van der Waals surface area contributed by atoms with E-state index >= 15 is 0 Å². The van der Waals surface area contributed by atoms with Crippen molar-refractivity contribution in [2.45, 2.75) is 13.0 Å². The fourth-order valence-corrected chi connectivity index (χ4v) is 1.85. The highest BCUT2D eigenvalue weighted by atomic mass is 35.5. The van der Waals surface area contributed by atoms with Crippen molar-refractivity contribution in [1.82, 2.24) is 10.2 Å². The summed E-state index contributed by atoms with van der Waals surface area (Å²) in [5.74, 6) is -0.0427. The summed E-state index contributed by atoms with van der Waals surface area (Å²) < 4.78 is 5.01. The van der Waals surface area contributed by atoms with E-state index in [1.165, 1.54) is 0 Å². The molecule has 120 valence electrons. The molecular formula is C15H26ClN3O2. The van der Waals surface area contributed by atoms with Crippen LogP contribution in [0.1, 0.15) is 22.3 Å². The SMILES string of the molecule is COCCCN(C)CCNC(=O)c1ccc(CN)cc1.Cl. The topological polar surface area (TPSA) is 67.6 Å². The lowest BCUT2D eigenvalue weighted by molar-refractivity contribution is 0.0949. The second-order valence-electron chi connectivity index (χ2n) is 4.81. The maximum Gasteiger partial charge on any atom is 0.251 e. The standard InChI is InChI=1S/C15H25N3O2.ClH/c1-18(9-3-11-20-2)10-8-17-15(19)14-6-4-13(12-16)5-7-14;/h4-7H,3,8-12,16H2,1-2H3,(H,17,19);1H. The van der Waals surface area contributed by atoms with Crippen molar-refractivity contribution in [3.63, 3.8) is 0 Å². The van der Waals surface area contributed by atoms with Gasteiger partial charge in [-0.05, 0) is 31.2 Å². The van der Waals surface area contributed by atoms with Crippen molar-refractivity contribution in [3.8, 4) is 0 Å². The van der Waals surface area contributed by atoms with Gasteiger partial charge >= 0.3 is 0 Å². The highest BCUT2D eigenvalue weighted by molar-refractivity contribution is 5.94. The number of halogens is 1. The van der Waals surface area contributed by atoms with Crippen LogP contribution in [0.2, 0.25) is 0 Å². The molecule has 3 N–H and O–H groups in total. The minimum absolute atomic E-state index is 0. The van der Waals surface area contributed by atoms with E-state index in [0.29, 0.717) is 18.7 Å². The number of hydrogen-bond donors (Lipinski definition) is 2. The molecule has 0 aromatic heterocycles. The third kappa shape index (κ3) is 8.02. The van der Waals surface area contributed by atoms with E-state index in [2.05, 4.69) is 10.2 Å². The zero-order valence-corrected chi connectivity index (χ0v) is 13.6. The molecule has 0 aliphatic rings. The van der Waals surface area contributed by atoms with E-state index in [0.717, 1.165) is 31.7 Å². The number of carbonyl (C=O) groups is 1. The van der Waals surface area contributed by atoms with Crippen LogP contribution in [0, 0.1) is 0 Å². The fraction of sp³-hybridized carbons (Fsp3) is 0.533. The Morgan fingerprint density at radius 3 is 2.52 bits per heavy atom. The number of carbonyl (C=O) groups excluding carboxylic acids is 1. The third-order valence-corrected chi connectivity index (χ3v) is 3.12. The molecular weight excluding hydrogens is 290 g/mol. The van der Waals surface area contributed by atoms with Crippen LogP contribution in [0.15, 0.2) is 24.3 Å². The van der Waals surface area contributed by atoms with Crippen LogP contribution in [0.5, 0.6) is 0 Å². The molecule has 0 radical (unpaired) electrons. The minimum atomic E-state index is -0.0427. The van der Waals surface area contributed by atoms with E-state index in [1.807, 2.05) is 19.2 Å². The first-order chi connectivity index (χ1) is 9.67. The zero-order chi connectivity index (χ0) is 14.8. The molecule has 1 rings (SSSR count). The molecule has 0 bridgehead atoms. The van der Waals surface area contributed by atoms with Gasteiger partial charge in [-0.15, -0.1) is 12.4 Å². The molecule has 0 saturated carbocycles. The quantitative estimate of drug-likeness (QED) is 0.673. The monoisotopic (exact) mass is 315 g/mol. The third-order valence-electron chi connectivity index (χ3n) is 3.12. The summed E-state index contributed by atoms with van der Waals surface area (Å²) >= 11 is 0. The number of benzene rings is 1. The summed E-state index contributed by atoms with van der Waals surface area (Å²) in [6.07, 6.45) is 1.00. The molecule has 6 heteroatoms. The Morgan fingerprint density at radius 1 is 1.29 bits per heavy atom. The smallest absolute Gasteiger partial charge is 0.251 e. The number of hydrogen-bond acceptors (Lipinski definition) is 4. The first-order valence-corrected chi connectivity index (χ1v) is 6.92. The second kappa shape index (κ2) is 11.5. The van der Waals surface area contributed by atoms with Gasteiger partial charge in [0.25, 0.3) is 5.91 Å². The molecule has 0 heterocycles. The Kier molecular flexibility index (Phi) is 10.9. The van der Waals surface area contributed by atoms with E-state index in [1.54, 1.807) is 19.2 Å². The second-order valence-corrected chi connectivity index (χ2v) is 4.81. The Morgan fingerprint density at radius 2 is 1.95 bits per heavy atom. The fourth-order valence-electron chi connectivity index (χ4n) is 1.85. The van der Waals surface area contributed by atoms with Gasteiger partial charge in [-0.3, -0.25) is 4.79 Å². The number of nitrogens with two attached hydrogens (primary N) is 1. The number of amides is 1. The molecule has 0 fully saturated rings. The van der Waals surface area contributed by atoms with Crippen molar-refractivity contribution >= 4 is 18.3 Å². The van der Waals surface area contributed by atoms with Gasteiger partial charge in [0.2, 0.25) is 0 Å². The molecule has 1 aromatic carbocycles. The predicted octanol–water partition coefficient (Wildman–Crippen LogP) is 1.27. The van der Waals surface area contributed by atoms with Gasteiger partial charge in [0.05, 0.1) is 0 Å². The molecule has 0 saturated heterocycles. The average Bonchev–Trinajstić information content (AvgIpc) is 2.47. The van der Waals surface area contributed by atoms with Crippen molar-refractivity contribution in [2.24, 2.45) is 5.73 Å². The summed E-state index contributed by atoms with van der Waals surface area (Å²) in [5.41, 5.74) is 7.22. The van der Waals surface area contributed by atoms with E-state index in [4.69, 9.17) is 10.5 Å². The van der Waals surface area contributed by atoms with Crippen molar-refractivity contribution in [1.29, 1.82) is 0 Å². The van der Waals surface area contributed by atoms with Crippen LogP contribution in [-0.4, -0.2) is 51.2 Å². The minimum Gasteiger partial charge on any atom is -0.385 e. The summed E-state index contributed by atoms with van der Waals surface area (Å²) in [4.78, 5) is 14.1.